The SMILES string of the molecule is CC[C@H](C)NC(=O)[C@H](C)NC(=O)NCc1csc(C(C)(C)C)n1. The van der Waals surface area contributed by atoms with E-state index in [0.29, 0.717) is 6.54 Å². The zero-order valence-electron chi connectivity index (χ0n) is 14.8. The molecule has 6 nitrogen and oxygen atoms in total. The highest BCUT2D eigenvalue weighted by atomic mass is 32.1. The van der Waals surface area contributed by atoms with E-state index < -0.39 is 6.04 Å². The van der Waals surface area contributed by atoms with E-state index >= 15 is 0 Å². The van der Waals surface area contributed by atoms with Crippen LogP contribution < -0.4 is 16.0 Å². The van der Waals surface area contributed by atoms with Crippen molar-refractivity contribution < 1.29 is 9.59 Å². The lowest BCUT2D eigenvalue weighted by molar-refractivity contribution is -0.123. The molecule has 0 radical (unpaired) electrons. The van der Waals surface area contributed by atoms with E-state index in [-0.39, 0.29) is 23.4 Å². The average Bonchev–Trinajstić information content (AvgIpc) is 2.93. The summed E-state index contributed by atoms with van der Waals surface area (Å²) in [6.45, 7) is 12.2. The van der Waals surface area contributed by atoms with Crippen molar-refractivity contribution in [1.29, 1.82) is 0 Å². The lowest BCUT2D eigenvalue weighted by atomic mass is 9.98. The van der Waals surface area contributed by atoms with Crippen molar-refractivity contribution in [2.45, 2.75) is 72.0 Å². The van der Waals surface area contributed by atoms with E-state index in [4.69, 9.17) is 0 Å². The van der Waals surface area contributed by atoms with Crippen molar-refractivity contribution >= 4 is 23.3 Å². The summed E-state index contributed by atoms with van der Waals surface area (Å²) in [6, 6.07) is -0.854. The number of thiazole rings is 1. The van der Waals surface area contributed by atoms with Gasteiger partial charge in [-0.05, 0) is 20.3 Å². The summed E-state index contributed by atoms with van der Waals surface area (Å²) in [6.07, 6.45) is 0.852. The number of hydrogen-bond donors (Lipinski definition) is 3. The summed E-state index contributed by atoms with van der Waals surface area (Å²) in [5.41, 5.74) is 0.833. The van der Waals surface area contributed by atoms with Crippen LogP contribution in [0.1, 0.15) is 58.7 Å². The molecule has 0 aromatic carbocycles. The molecular formula is C16H28N4O2S. The third kappa shape index (κ3) is 6.56. The van der Waals surface area contributed by atoms with Crippen LogP contribution >= 0.6 is 11.3 Å². The van der Waals surface area contributed by atoms with Crippen LogP contribution in [0.25, 0.3) is 0 Å². The molecule has 1 aromatic heterocycles. The topological polar surface area (TPSA) is 83.1 Å². The number of hydrogen-bond acceptors (Lipinski definition) is 4. The largest absolute Gasteiger partial charge is 0.352 e. The van der Waals surface area contributed by atoms with Gasteiger partial charge < -0.3 is 16.0 Å². The molecule has 1 aromatic rings. The number of carbonyl (C=O) groups is 2. The van der Waals surface area contributed by atoms with E-state index in [9.17, 15) is 9.59 Å². The first-order chi connectivity index (χ1) is 10.6. The minimum absolute atomic E-state index is 0.00769. The first-order valence-electron chi connectivity index (χ1n) is 7.93. The van der Waals surface area contributed by atoms with Crippen LogP contribution in [0.15, 0.2) is 5.38 Å². The monoisotopic (exact) mass is 340 g/mol. The van der Waals surface area contributed by atoms with Crippen molar-refractivity contribution in [1.82, 2.24) is 20.9 Å². The van der Waals surface area contributed by atoms with Crippen LogP contribution in [0.4, 0.5) is 4.79 Å². The van der Waals surface area contributed by atoms with Crippen LogP contribution in [0, 0.1) is 0 Å². The van der Waals surface area contributed by atoms with Gasteiger partial charge in [-0.25, -0.2) is 9.78 Å². The average molecular weight is 340 g/mol. The van der Waals surface area contributed by atoms with Gasteiger partial charge in [-0.1, -0.05) is 27.7 Å². The molecule has 23 heavy (non-hydrogen) atoms. The number of urea groups is 1. The molecule has 0 bridgehead atoms. The summed E-state index contributed by atoms with van der Waals surface area (Å²) in [7, 11) is 0. The van der Waals surface area contributed by atoms with Crippen LogP contribution in [-0.4, -0.2) is 29.0 Å². The zero-order chi connectivity index (χ0) is 17.6. The molecule has 0 aliphatic rings. The van der Waals surface area contributed by atoms with E-state index in [1.165, 1.54) is 0 Å². The molecule has 1 rings (SSSR count). The van der Waals surface area contributed by atoms with Gasteiger partial charge in [0.25, 0.3) is 0 Å². The molecule has 0 aliphatic carbocycles. The van der Waals surface area contributed by atoms with Gasteiger partial charge in [0.1, 0.15) is 6.04 Å². The fraction of sp³-hybridized carbons (Fsp3) is 0.688. The second-order valence-electron chi connectivity index (χ2n) is 6.76. The Morgan fingerprint density at radius 3 is 2.43 bits per heavy atom. The third-order valence-electron chi connectivity index (χ3n) is 3.37. The van der Waals surface area contributed by atoms with Crippen LogP contribution in [0.5, 0.6) is 0 Å². The minimum Gasteiger partial charge on any atom is -0.352 e. The molecule has 0 unspecified atom stereocenters. The lowest BCUT2D eigenvalue weighted by Gasteiger charge is -2.17. The highest BCUT2D eigenvalue weighted by Gasteiger charge is 2.19. The lowest BCUT2D eigenvalue weighted by Crippen LogP contribution is -2.50. The van der Waals surface area contributed by atoms with E-state index in [1.807, 2.05) is 19.2 Å². The molecular weight excluding hydrogens is 312 g/mol. The van der Waals surface area contributed by atoms with Crippen LogP contribution in [-0.2, 0) is 16.8 Å². The molecule has 0 fully saturated rings. The zero-order valence-corrected chi connectivity index (χ0v) is 15.6. The van der Waals surface area contributed by atoms with Crippen molar-refractivity contribution in [2.75, 3.05) is 0 Å². The summed E-state index contributed by atoms with van der Waals surface area (Å²) in [5.74, 6) is -0.182. The summed E-state index contributed by atoms with van der Waals surface area (Å²) < 4.78 is 0. The predicted octanol–water partition coefficient (Wildman–Crippen LogP) is 2.54. The molecule has 0 saturated heterocycles. The van der Waals surface area contributed by atoms with Gasteiger partial charge in [0, 0.05) is 16.8 Å². The number of aromatic nitrogens is 1. The minimum atomic E-state index is -0.579. The van der Waals surface area contributed by atoms with Crippen LogP contribution in [0.3, 0.4) is 0 Å². The molecule has 3 N–H and O–H groups in total. The smallest absolute Gasteiger partial charge is 0.315 e. The number of nitrogens with zero attached hydrogens (tertiary/aromatic N) is 1. The Morgan fingerprint density at radius 1 is 1.26 bits per heavy atom. The Kier molecular flexibility index (Phi) is 7.00. The van der Waals surface area contributed by atoms with E-state index in [2.05, 4.69) is 41.7 Å². The quantitative estimate of drug-likeness (QED) is 0.744. The maximum Gasteiger partial charge on any atom is 0.315 e. The normalized spacial score (nSPS) is 14.0. The number of nitrogens with one attached hydrogen (secondary N) is 3. The predicted molar refractivity (Wildman–Crippen MR) is 93.5 cm³/mol. The summed E-state index contributed by atoms with van der Waals surface area (Å²) in [5, 5.41) is 11.2. The van der Waals surface area contributed by atoms with Gasteiger partial charge in [0.05, 0.1) is 17.2 Å². The second kappa shape index (κ2) is 8.29. The first kappa shape index (κ1) is 19.4. The van der Waals surface area contributed by atoms with Gasteiger partial charge in [-0.3, -0.25) is 4.79 Å². The van der Waals surface area contributed by atoms with Crippen molar-refractivity contribution in [3.8, 4) is 0 Å². The van der Waals surface area contributed by atoms with Gasteiger partial charge in [0.2, 0.25) is 5.91 Å². The molecule has 0 spiro atoms. The highest BCUT2D eigenvalue weighted by Crippen LogP contribution is 2.25. The Labute approximate surface area is 142 Å². The van der Waals surface area contributed by atoms with E-state index in [1.54, 1.807) is 18.3 Å². The number of carbonyl (C=O) groups excluding carboxylic acids is 2. The Morgan fingerprint density at radius 2 is 1.91 bits per heavy atom. The fourth-order valence-corrected chi connectivity index (χ4v) is 2.59. The van der Waals surface area contributed by atoms with Crippen molar-refractivity contribution in [3.63, 3.8) is 0 Å². The van der Waals surface area contributed by atoms with E-state index in [0.717, 1.165) is 17.1 Å². The molecule has 0 aliphatic heterocycles. The molecule has 2 atom stereocenters. The maximum atomic E-state index is 11.9. The molecule has 0 saturated carbocycles. The van der Waals surface area contributed by atoms with Gasteiger partial charge >= 0.3 is 6.03 Å². The van der Waals surface area contributed by atoms with Gasteiger partial charge in [0.15, 0.2) is 0 Å². The summed E-state index contributed by atoms with van der Waals surface area (Å²) >= 11 is 1.59. The molecule has 7 heteroatoms. The van der Waals surface area contributed by atoms with Crippen LogP contribution in [0.2, 0.25) is 0 Å². The Bertz CT molecular complexity index is 536. The molecule has 130 valence electrons. The first-order valence-corrected chi connectivity index (χ1v) is 8.81. The molecule has 3 amide bonds. The van der Waals surface area contributed by atoms with Gasteiger partial charge in [-0.15, -0.1) is 11.3 Å². The third-order valence-corrected chi connectivity index (χ3v) is 4.68. The Hall–Kier alpha value is -1.63. The second-order valence-corrected chi connectivity index (χ2v) is 7.62. The van der Waals surface area contributed by atoms with Crippen molar-refractivity contribution in [2.24, 2.45) is 0 Å². The Balaban J connectivity index is 2.42. The standard InChI is InChI=1S/C16H28N4O2S/c1-7-10(2)18-13(21)11(3)19-15(22)17-8-12-9-23-14(20-12)16(4,5)6/h9-11H,7-8H2,1-6H3,(H,18,21)(H2,17,19,22)/t10-,11-/m0/s1. The number of amides is 3. The highest BCUT2D eigenvalue weighted by molar-refractivity contribution is 7.09. The number of rotatable bonds is 6. The molecule has 1 heterocycles. The van der Waals surface area contributed by atoms with Gasteiger partial charge in [-0.2, -0.15) is 0 Å². The van der Waals surface area contributed by atoms with Crippen molar-refractivity contribution in [3.05, 3.63) is 16.1 Å². The summed E-state index contributed by atoms with van der Waals surface area (Å²) in [4.78, 5) is 28.3. The fourth-order valence-electron chi connectivity index (χ4n) is 1.69. The maximum absolute atomic E-state index is 11.9.